The number of nitriles is 2. The summed E-state index contributed by atoms with van der Waals surface area (Å²) in [6, 6.07) is 8.62. The molecule has 7 nitrogen and oxygen atoms in total. The smallest absolute Gasteiger partial charge is 0.268 e. The summed E-state index contributed by atoms with van der Waals surface area (Å²) in [6.45, 7) is 0.104. The van der Waals surface area contributed by atoms with Crippen LogP contribution in [0.15, 0.2) is 23.0 Å². The van der Waals surface area contributed by atoms with Gasteiger partial charge in [-0.25, -0.2) is 0 Å². The van der Waals surface area contributed by atoms with Gasteiger partial charge >= 0.3 is 0 Å². The molecular formula is C14H8N4O3. The Hall–Kier alpha value is -3.45. The molecule has 0 saturated carbocycles. The van der Waals surface area contributed by atoms with Gasteiger partial charge in [-0.1, -0.05) is 6.07 Å². The highest BCUT2D eigenvalue weighted by Crippen LogP contribution is 2.37. The quantitative estimate of drug-likeness (QED) is 0.805. The van der Waals surface area contributed by atoms with Gasteiger partial charge in [-0.05, 0) is 17.7 Å². The molecule has 3 N–H and O–H groups in total. The maximum absolute atomic E-state index is 11.8. The first kappa shape index (κ1) is 12.6. The molecule has 1 aromatic carbocycles. The molecular weight excluding hydrogens is 272 g/mol. The van der Waals surface area contributed by atoms with Crippen LogP contribution < -0.4 is 20.8 Å². The summed E-state index contributed by atoms with van der Waals surface area (Å²) in [7, 11) is 0. The molecule has 0 spiro atoms. The Morgan fingerprint density at radius 3 is 2.57 bits per heavy atom. The molecule has 0 atom stereocenters. The van der Waals surface area contributed by atoms with Crippen molar-refractivity contribution in [2.24, 2.45) is 0 Å². The Kier molecular flexibility index (Phi) is 2.74. The van der Waals surface area contributed by atoms with Crippen LogP contribution in [0.3, 0.4) is 0 Å². The molecule has 0 aliphatic carbocycles. The van der Waals surface area contributed by atoms with Crippen molar-refractivity contribution in [1.82, 2.24) is 4.98 Å². The van der Waals surface area contributed by atoms with Crippen LogP contribution in [-0.2, 0) is 0 Å². The number of hydrogen-bond acceptors (Lipinski definition) is 6. The van der Waals surface area contributed by atoms with Gasteiger partial charge in [0, 0.05) is 5.56 Å². The third kappa shape index (κ3) is 1.85. The van der Waals surface area contributed by atoms with E-state index >= 15 is 0 Å². The molecule has 0 amide bonds. The van der Waals surface area contributed by atoms with Crippen LogP contribution in [0.1, 0.15) is 11.1 Å². The van der Waals surface area contributed by atoms with E-state index in [9.17, 15) is 15.3 Å². The summed E-state index contributed by atoms with van der Waals surface area (Å²) in [5.74, 6) is 0.974. The highest BCUT2D eigenvalue weighted by atomic mass is 16.7. The fraction of sp³-hybridized carbons (Fsp3) is 0.0714. The molecule has 21 heavy (non-hydrogen) atoms. The topological polar surface area (TPSA) is 125 Å². The van der Waals surface area contributed by atoms with E-state index in [4.69, 9.17) is 15.2 Å². The minimum atomic E-state index is -0.637. The number of ether oxygens (including phenoxy) is 2. The minimum Gasteiger partial charge on any atom is -0.454 e. The maximum Gasteiger partial charge on any atom is 0.268 e. The third-order valence-electron chi connectivity index (χ3n) is 3.13. The first-order chi connectivity index (χ1) is 10.2. The van der Waals surface area contributed by atoms with Crippen LogP contribution in [0.4, 0.5) is 5.82 Å². The van der Waals surface area contributed by atoms with Crippen molar-refractivity contribution >= 4 is 5.82 Å². The van der Waals surface area contributed by atoms with Gasteiger partial charge < -0.3 is 20.2 Å². The lowest BCUT2D eigenvalue weighted by atomic mass is 9.96. The normalized spacial score (nSPS) is 11.7. The molecule has 0 bridgehead atoms. The van der Waals surface area contributed by atoms with E-state index in [0.29, 0.717) is 17.1 Å². The van der Waals surface area contributed by atoms with Crippen LogP contribution >= 0.6 is 0 Å². The minimum absolute atomic E-state index is 0.0463. The summed E-state index contributed by atoms with van der Waals surface area (Å²) in [5.41, 5.74) is 5.59. The van der Waals surface area contributed by atoms with Crippen molar-refractivity contribution in [3.05, 3.63) is 39.7 Å². The van der Waals surface area contributed by atoms with Crippen molar-refractivity contribution in [1.29, 1.82) is 10.5 Å². The number of H-pyrrole nitrogens is 1. The van der Waals surface area contributed by atoms with Crippen molar-refractivity contribution in [3.8, 4) is 34.8 Å². The van der Waals surface area contributed by atoms with Gasteiger partial charge in [-0.2, -0.15) is 10.5 Å². The van der Waals surface area contributed by atoms with Crippen LogP contribution in [0.25, 0.3) is 11.1 Å². The van der Waals surface area contributed by atoms with Crippen LogP contribution in [0, 0.1) is 22.7 Å². The fourth-order valence-electron chi connectivity index (χ4n) is 2.18. The lowest BCUT2D eigenvalue weighted by Crippen LogP contribution is -2.16. The van der Waals surface area contributed by atoms with Crippen LogP contribution in [0.5, 0.6) is 11.5 Å². The highest BCUT2D eigenvalue weighted by molar-refractivity contribution is 5.81. The highest BCUT2D eigenvalue weighted by Gasteiger charge is 2.21. The number of hydrogen-bond donors (Lipinski definition) is 2. The fourth-order valence-corrected chi connectivity index (χ4v) is 2.18. The van der Waals surface area contributed by atoms with Crippen LogP contribution in [-0.4, -0.2) is 11.8 Å². The molecule has 1 aromatic heterocycles. The number of benzene rings is 1. The first-order valence-corrected chi connectivity index (χ1v) is 5.91. The molecule has 0 fully saturated rings. The summed E-state index contributed by atoms with van der Waals surface area (Å²) < 4.78 is 10.5. The van der Waals surface area contributed by atoms with Gasteiger partial charge in [0.2, 0.25) is 6.79 Å². The second-order valence-electron chi connectivity index (χ2n) is 4.28. The van der Waals surface area contributed by atoms with E-state index in [0.717, 1.165) is 0 Å². The predicted octanol–water partition coefficient (Wildman–Crippen LogP) is 1.10. The summed E-state index contributed by atoms with van der Waals surface area (Å²) in [6.07, 6.45) is 0. The van der Waals surface area contributed by atoms with Gasteiger partial charge in [-0.15, -0.1) is 0 Å². The number of anilines is 1. The predicted molar refractivity (Wildman–Crippen MR) is 72.5 cm³/mol. The SMILES string of the molecule is N#Cc1c(N)[nH]c(=O)c(C#N)c1-c1ccc2c(c1)OCO2. The van der Waals surface area contributed by atoms with Gasteiger partial charge in [0.15, 0.2) is 11.5 Å². The van der Waals surface area contributed by atoms with Gasteiger partial charge in [0.25, 0.3) is 5.56 Å². The lowest BCUT2D eigenvalue weighted by Gasteiger charge is -2.09. The number of aromatic amines is 1. The van der Waals surface area contributed by atoms with E-state index in [-0.39, 0.29) is 29.3 Å². The summed E-state index contributed by atoms with van der Waals surface area (Å²) >= 11 is 0. The van der Waals surface area contributed by atoms with Crippen molar-refractivity contribution in [2.75, 3.05) is 12.5 Å². The monoisotopic (exact) mass is 280 g/mol. The average Bonchev–Trinajstić information content (AvgIpc) is 2.93. The molecule has 3 rings (SSSR count). The molecule has 1 aliphatic heterocycles. The molecule has 1 aliphatic rings. The third-order valence-corrected chi connectivity index (χ3v) is 3.13. The zero-order valence-corrected chi connectivity index (χ0v) is 10.6. The molecule has 2 heterocycles. The Balaban J connectivity index is 2.35. The first-order valence-electron chi connectivity index (χ1n) is 5.91. The van der Waals surface area contributed by atoms with Crippen LogP contribution in [0.2, 0.25) is 0 Å². The Morgan fingerprint density at radius 2 is 1.86 bits per heavy atom. The van der Waals surface area contributed by atoms with Crippen molar-refractivity contribution in [3.63, 3.8) is 0 Å². The second kappa shape index (κ2) is 4.58. The Labute approximate surface area is 118 Å². The van der Waals surface area contributed by atoms with Crippen molar-refractivity contribution < 1.29 is 9.47 Å². The largest absolute Gasteiger partial charge is 0.454 e. The zero-order chi connectivity index (χ0) is 15.0. The molecule has 2 aromatic rings. The second-order valence-corrected chi connectivity index (χ2v) is 4.28. The number of fused-ring (bicyclic) bond motifs is 1. The van der Waals surface area contributed by atoms with E-state index in [1.54, 1.807) is 18.2 Å². The molecule has 0 unspecified atom stereocenters. The average molecular weight is 280 g/mol. The summed E-state index contributed by atoms with van der Waals surface area (Å²) in [4.78, 5) is 14.1. The van der Waals surface area contributed by atoms with Crippen molar-refractivity contribution in [2.45, 2.75) is 0 Å². The van der Waals surface area contributed by atoms with E-state index in [2.05, 4.69) is 4.98 Å². The maximum atomic E-state index is 11.8. The molecule has 0 radical (unpaired) electrons. The molecule has 102 valence electrons. The summed E-state index contributed by atoms with van der Waals surface area (Å²) in [5, 5.41) is 18.4. The number of nitrogens with one attached hydrogen (secondary N) is 1. The number of aromatic nitrogens is 1. The number of nitrogens with two attached hydrogens (primary N) is 1. The standard InChI is InChI=1S/C14H8N4O3/c15-4-8-12(9(5-16)14(19)18-13(8)17)7-1-2-10-11(3-7)21-6-20-10/h1-3H,6H2,(H3,17,18,19). The van der Waals surface area contributed by atoms with E-state index < -0.39 is 5.56 Å². The number of pyridine rings is 1. The van der Waals surface area contributed by atoms with Gasteiger partial charge in [0.05, 0.1) is 0 Å². The lowest BCUT2D eigenvalue weighted by molar-refractivity contribution is 0.174. The van der Waals surface area contributed by atoms with Gasteiger partial charge in [0.1, 0.15) is 29.1 Å². The number of rotatable bonds is 1. The Morgan fingerprint density at radius 1 is 1.14 bits per heavy atom. The molecule has 7 heteroatoms. The number of nitrogens with zero attached hydrogens (tertiary/aromatic N) is 2. The molecule has 0 saturated heterocycles. The van der Waals surface area contributed by atoms with E-state index in [1.807, 2.05) is 12.1 Å². The number of nitrogen functional groups attached to an aromatic ring is 1. The zero-order valence-electron chi connectivity index (χ0n) is 10.6. The Bertz CT molecular complexity index is 887. The van der Waals surface area contributed by atoms with E-state index in [1.165, 1.54) is 0 Å². The van der Waals surface area contributed by atoms with Gasteiger partial charge in [-0.3, -0.25) is 4.79 Å².